The Labute approximate surface area is 126 Å². The molecule has 1 aromatic carbocycles. The first-order valence-electron chi connectivity index (χ1n) is 6.08. The number of rotatable bonds is 5. The summed E-state index contributed by atoms with van der Waals surface area (Å²) in [5, 5.41) is 25.3. The number of halogens is 2. The molecule has 1 aromatic heterocycles. The fraction of sp³-hybridized carbons (Fsp3) is 0.385. The van der Waals surface area contributed by atoms with Crippen LogP contribution in [0.2, 0.25) is 10.0 Å². The van der Waals surface area contributed by atoms with Gasteiger partial charge in [0.15, 0.2) is 0 Å². The second-order valence-electron chi connectivity index (χ2n) is 4.73. The third kappa shape index (κ3) is 2.96. The number of aromatic nitrogens is 3. The van der Waals surface area contributed by atoms with Crippen LogP contribution in [0, 0.1) is 5.92 Å². The van der Waals surface area contributed by atoms with E-state index in [4.69, 9.17) is 23.2 Å². The highest BCUT2D eigenvalue weighted by atomic mass is 35.5. The summed E-state index contributed by atoms with van der Waals surface area (Å²) >= 11 is 12.1. The predicted octanol–water partition coefficient (Wildman–Crippen LogP) is 2.10. The smallest absolute Gasteiger partial charge is 0.137 e. The van der Waals surface area contributed by atoms with Crippen molar-refractivity contribution in [1.29, 1.82) is 0 Å². The normalized spacial score (nSPS) is 15.8. The summed E-state index contributed by atoms with van der Waals surface area (Å²) in [6.45, 7) is 1.68. The molecule has 0 saturated heterocycles. The zero-order chi connectivity index (χ0) is 14.8. The molecule has 108 valence electrons. The van der Waals surface area contributed by atoms with Gasteiger partial charge in [-0.15, -0.1) is 0 Å². The van der Waals surface area contributed by atoms with Gasteiger partial charge in [0.1, 0.15) is 18.3 Å². The van der Waals surface area contributed by atoms with Crippen molar-refractivity contribution in [3.05, 3.63) is 46.5 Å². The first kappa shape index (κ1) is 15.3. The van der Waals surface area contributed by atoms with Crippen molar-refractivity contribution in [3.63, 3.8) is 0 Å². The molecular formula is C13H15Cl2N3O2. The maximum absolute atomic E-state index is 11.0. The molecule has 0 radical (unpaired) electrons. The number of aliphatic hydroxyl groups is 2. The highest BCUT2D eigenvalue weighted by molar-refractivity contribution is 6.35. The predicted molar refractivity (Wildman–Crippen MR) is 76.6 cm³/mol. The molecular weight excluding hydrogens is 301 g/mol. The molecule has 7 heteroatoms. The van der Waals surface area contributed by atoms with Crippen molar-refractivity contribution in [2.75, 3.05) is 6.61 Å². The van der Waals surface area contributed by atoms with Gasteiger partial charge in [-0.2, -0.15) is 5.10 Å². The molecule has 0 amide bonds. The van der Waals surface area contributed by atoms with E-state index in [-0.39, 0.29) is 13.2 Å². The maximum Gasteiger partial charge on any atom is 0.137 e. The van der Waals surface area contributed by atoms with Crippen molar-refractivity contribution < 1.29 is 10.2 Å². The summed E-state index contributed by atoms with van der Waals surface area (Å²) in [6.07, 6.45) is 2.88. The van der Waals surface area contributed by atoms with E-state index in [0.29, 0.717) is 15.6 Å². The second kappa shape index (κ2) is 6.10. The lowest BCUT2D eigenvalue weighted by Gasteiger charge is -2.34. The molecule has 0 aliphatic heterocycles. The topological polar surface area (TPSA) is 71.2 Å². The Morgan fingerprint density at radius 2 is 2.15 bits per heavy atom. The van der Waals surface area contributed by atoms with Crippen LogP contribution in [-0.4, -0.2) is 31.6 Å². The molecule has 0 saturated carbocycles. The summed E-state index contributed by atoms with van der Waals surface area (Å²) in [7, 11) is 0. The third-order valence-corrected chi connectivity index (χ3v) is 3.90. The average Bonchev–Trinajstić information content (AvgIpc) is 2.90. The molecule has 2 rings (SSSR count). The van der Waals surface area contributed by atoms with Gasteiger partial charge in [0.25, 0.3) is 0 Å². The number of hydrogen-bond acceptors (Lipinski definition) is 4. The van der Waals surface area contributed by atoms with E-state index in [1.165, 1.54) is 17.3 Å². The van der Waals surface area contributed by atoms with Gasteiger partial charge in [-0.05, 0) is 12.1 Å². The largest absolute Gasteiger partial charge is 0.396 e. The highest BCUT2D eigenvalue weighted by Crippen LogP contribution is 2.36. The molecule has 0 aliphatic carbocycles. The van der Waals surface area contributed by atoms with Crippen molar-refractivity contribution in [2.24, 2.45) is 5.92 Å². The Kier molecular flexibility index (Phi) is 4.65. The summed E-state index contributed by atoms with van der Waals surface area (Å²) in [5.74, 6) is -0.439. The van der Waals surface area contributed by atoms with Crippen LogP contribution in [-0.2, 0) is 12.1 Å². The molecule has 1 heterocycles. The first-order valence-corrected chi connectivity index (χ1v) is 6.84. The number of hydrogen-bond donors (Lipinski definition) is 2. The molecule has 5 nitrogen and oxygen atoms in total. The summed E-state index contributed by atoms with van der Waals surface area (Å²) in [6, 6.07) is 4.88. The Balaban J connectivity index is 2.45. The molecule has 0 bridgehead atoms. The Morgan fingerprint density at radius 1 is 1.40 bits per heavy atom. The van der Waals surface area contributed by atoms with Crippen LogP contribution in [0.15, 0.2) is 30.9 Å². The van der Waals surface area contributed by atoms with Crippen LogP contribution in [0.3, 0.4) is 0 Å². The van der Waals surface area contributed by atoms with Crippen molar-refractivity contribution in [3.8, 4) is 0 Å². The SMILES string of the molecule is C[C@H](CO)[C@](O)(Cn1cncn1)c1ccc(Cl)cc1Cl. The van der Waals surface area contributed by atoms with E-state index in [1.54, 1.807) is 25.1 Å². The van der Waals surface area contributed by atoms with Crippen molar-refractivity contribution >= 4 is 23.2 Å². The highest BCUT2D eigenvalue weighted by Gasteiger charge is 2.38. The van der Waals surface area contributed by atoms with Gasteiger partial charge in [0.05, 0.1) is 6.54 Å². The van der Waals surface area contributed by atoms with E-state index < -0.39 is 11.5 Å². The molecule has 20 heavy (non-hydrogen) atoms. The number of nitrogens with zero attached hydrogens (tertiary/aromatic N) is 3. The standard InChI is InChI=1S/C13H15Cl2N3O2/c1-9(5-19)13(20,6-18-8-16-7-17-18)11-3-2-10(14)4-12(11)15/h2-4,7-9,19-20H,5-6H2,1H3/t9-,13-/m1/s1. The van der Waals surface area contributed by atoms with E-state index in [0.717, 1.165) is 0 Å². The summed E-state index contributed by atoms with van der Waals surface area (Å²) in [4.78, 5) is 3.85. The van der Waals surface area contributed by atoms with E-state index in [2.05, 4.69) is 10.1 Å². The molecule has 0 unspecified atom stereocenters. The maximum atomic E-state index is 11.0. The second-order valence-corrected chi connectivity index (χ2v) is 5.57. The Morgan fingerprint density at radius 3 is 2.70 bits per heavy atom. The zero-order valence-corrected chi connectivity index (χ0v) is 12.4. The average molecular weight is 316 g/mol. The summed E-state index contributed by atoms with van der Waals surface area (Å²) < 4.78 is 1.50. The lowest BCUT2D eigenvalue weighted by molar-refractivity contribution is -0.0539. The van der Waals surface area contributed by atoms with Gasteiger partial charge < -0.3 is 10.2 Å². The summed E-state index contributed by atoms with van der Waals surface area (Å²) in [5.41, 5.74) is -0.870. The van der Waals surface area contributed by atoms with Crippen LogP contribution in [0.5, 0.6) is 0 Å². The third-order valence-electron chi connectivity index (χ3n) is 3.36. The monoisotopic (exact) mass is 315 g/mol. The van der Waals surface area contributed by atoms with Crippen LogP contribution in [0.25, 0.3) is 0 Å². The quantitative estimate of drug-likeness (QED) is 0.886. The number of benzene rings is 1. The Bertz CT molecular complexity index is 577. The fourth-order valence-electron chi connectivity index (χ4n) is 2.06. The van der Waals surface area contributed by atoms with Crippen molar-refractivity contribution in [2.45, 2.75) is 19.1 Å². The molecule has 2 N–H and O–H groups in total. The molecule has 2 atom stereocenters. The lowest BCUT2D eigenvalue weighted by Crippen LogP contribution is -2.40. The van der Waals surface area contributed by atoms with Gasteiger partial charge >= 0.3 is 0 Å². The van der Waals surface area contributed by atoms with Gasteiger partial charge in [0.2, 0.25) is 0 Å². The van der Waals surface area contributed by atoms with E-state index >= 15 is 0 Å². The fourth-order valence-corrected chi connectivity index (χ4v) is 2.63. The van der Waals surface area contributed by atoms with Crippen molar-refractivity contribution in [1.82, 2.24) is 14.8 Å². The zero-order valence-electron chi connectivity index (χ0n) is 10.9. The molecule has 0 aliphatic rings. The number of aliphatic hydroxyl groups excluding tert-OH is 1. The first-order chi connectivity index (χ1) is 9.47. The van der Waals surface area contributed by atoms with E-state index in [1.807, 2.05) is 0 Å². The Hall–Kier alpha value is -1.14. The van der Waals surface area contributed by atoms with Gasteiger partial charge in [0, 0.05) is 28.1 Å². The minimum Gasteiger partial charge on any atom is -0.396 e. The molecule has 0 spiro atoms. The lowest BCUT2D eigenvalue weighted by atomic mass is 9.82. The van der Waals surface area contributed by atoms with Gasteiger partial charge in [-0.3, -0.25) is 0 Å². The minimum atomic E-state index is -1.37. The van der Waals surface area contributed by atoms with Crippen LogP contribution < -0.4 is 0 Å². The van der Waals surface area contributed by atoms with Gasteiger partial charge in [-0.25, -0.2) is 9.67 Å². The van der Waals surface area contributed by atoms with Crippen LogP contribution in [0.4, 0.5) is 0 Å². The molecule has 2 aromatic rings. The van der Waals surface area contributed by atoms with Crippen LogP contribution in [0.1, 0.15) is 12.5 Å². The molecule has 0 fully saturated rings. The van der Waals surface area contributed by atoms with Crippen LogP contribution >= 0.6 is 23.2 Å². The van der Waals surface area contributed by atoms with Gasteiger partial charge in [-0.1, -0.05) is 36.2 Å². The minimum absolute atomic E-state index is 0.135. The van der Waals surface area contributed by atoms with E-state index in [9.17, 15) is 10.2 Å².